The van der Waals surface area contributed by atoms with Crippen LogP contribution in [0, 0.1) is 0 Å². The van der Waals surface area contributed by atoms with Gasteiger partial charge in [-0.2, -0.15) is 18.2 Å². The van der Waals surface area contributed by atoms with Gasteiger partial charge in [-0.1, -0.05) is 29.4 Å². The number of para-hydroxylation sites is 2. The number of pyridine rings is 1. The lowest BCUT2D eigenvalue weighted by Crippen LogP contribution is -2.49. The lowest BCUT2D eigenvalue weighted by Gasteiger charge is -2.38. The van der Waals surface area contributed by atoms with Crippen LogP contribution in [0.5, 0.6) is 5.75 Å². The molecule has 1 aliphatic heterocycles. The van der Waals surface area contributed by atoms with Crippen LogP contribution in [-0.2, 0) is 23.9 Å². The summed E-state index contributed by atoms with van der Waals surface area (Å²) in [6.45, 7) is 6.22. The Kier molecular flexibility index (Phi) is 6.75. The Balaban J connectivity index is 1.38. The number of fused-ring (bicyclic) bond motifs is 1. The molecule has 3 heterocycles. The zero-order valence-corrected chi connectivity index (χ0v) is 21.5. The first-order valence-electron chi connectivity index (χ1n) is 12.3. The molecule has 2 aromatic carbocycles. The van der Waals surface area contributed by atoms with Gasteiger partial charge in [-0.05, 0) is 62.7 Å². The number of anilines is 2. The van der Waals surface area contributed by atoms with Crippen molar-refractivity contribution in [2.45, 2.75) is 51.6 Å². The summed E-state index contributed by atoms with van der Waals surface area (Å²) in [6.07, 6.45) is -2.90. The number of carbonyl (C=O) groups excluding carboxylic acids is 1. The Labute approximate surface area is 222 Å². The van der Waals surface area contributed by atoms with E-state index in [0.717, 1.165) is 17.0 Å². The first-order valence-corrected chi connectivity index (χ1v) is 12.3. The van der Waals surface area contributed by atoms with E-state index in [1.807, 2.05) is 74.2 Å². The van der Waals surface area contributed by atoms with Gasteiger partial charge in [-0.15, -0.1) is 0 Å². The molecule has 0 saturated heterocycles. The summed E-state index contributed by atoms with van der Waals surface area (Å²) in [7, 11) is 0. The fraction of sp³-hybridized carbons (Fsp3) is 0.286. The molecule has 39 heavy (non-hydrogen) atoms. The second-order valence-electron chi connectivity index (χ2n) is 10.2. The van der Waals surface area contributed by atoms with Gasteiger partial charge < -0.3 is 19.5 Å². The molecule has 202 valence electrons. The van der Waals surface area contributed by atoms with Crippen molar-refractivity contribution in [2.75, 3.05) is 10.2 Å². The topological polar surface area (TPSA) is 93.4 Å². The highest BCUT2D eigenvalue weighted by Gasteiger charge is 2.38. The average molecular weight is 538 g/mol. The third-order valence-corrected chi connectivity index (χ3v) is 6.01. The summed E-state index contributed by atoms with van der Waals surface area (Å²) in [5.74, 6) is -1.03. The lowest BCUT2D eigenvalue weighted by molar-refractivity contribution is -0.159. The normalized spacial score (nSPS) is 15.6. The first-order chi connectivity index (χ1) is 18.5. The number of halogens is 3. The SMILES string of the molecule is CC(C)(C)Oc1ccc(CC2C(=O)Nc3ccccc3N2Cc2ccc(-c3noc(C(F)(F)F)n3)cn2)cc1. The van der Waals surface area contributed by atoms with Gasteiger partial charge in [0, 0.05) is 18.2 Å². The van der Waals surface area contributed by atoms with Crippen molar-refractivity contribution in [2.24, 2.45) is 0 Å². The molecule has 0 bridgehead atoms. The van der Waals surface area contributed by atoms with E-state index >= 15 is 0 Å². The molecule has 11 heteroatoms. The summed E-state index contributed by atoms with van der Waals surface area (Å²) in [5.41, 5.74) is 3.06. The van der Waals surface area contributed by atoms with Gasteiger partial charge in [0.15, 0.2) is 0 Å². The number of amides is 1. The van der Waals surface area contributed by atoms with E-state index in [-0.39, 0.29) is 22.9 Å². The number of nitrogens with one attached hydrogen (secondary N) is 1. The number of rotatable bonds is 6. The number of benzene rings is 2. The van der Waals surface area contributed by atoms with Crippen LogP contribution in [0.2, 0.25) is 0 Å². The van der Waals surface area contributed by atoms with E-state index in [1.54, 1.807) is 12.1 Å². The maximum atomic E-state index is 13.2. The summed E-state index contributed by atoms with van der Waals surface area (Å²) in [6, 6.07) is 17.9. The number of hydrogen-bond donors (Lipinski definition) is 1. The maximum absolute atomic E-state index is 13.2. The molecule has 0 aliphatic carbocycles. The van der Waals surface area contributed by atoms with Crippen molar-refractivity contribution in [3.8, 4) is 17.1 Å². The Morgan fingerprint density at radius 2 is 1.77 bits per heavy atom. The summed E-state index contributed by atoms with van der Waals surface area (Å²) < 4.78 is 48.7. The molecule has 4 aromatic rings. The molecular formula is C28H26F3N5O3. The quantitative estimate of drug-likeness (QED) is 0.327. The van der Waals surface area contributed by atoms with E-state index in [1.165, 1.54) is 6.20 Å². The smallest absolute Gasteiger partial charge is 0.471 e. The van der Waals surface area contributed by atoms with Gasteiger partial charge in [0.05, 0.1) is 23.6 Å². The Hall–Kier alpha value is -4.41. The Bertz CT molecular complexity index is 1460. The van der Waals surface area contributed by atoms with Gasteiger partial charge >= 0.3 is 12.1 Å². The fourth-order valence-corrected chi connectivity index (χ4v) is 4.30. The number of ether oxygens (including phenoxy) is 1. The van der Waals surface area contributed by atoms with Crippen molar-refractivity contribution in [1.29, 1.82) is 0 Å². The van der Waals surface area contributed by atoms with E-state index in [4.69, 9.17) is 4.74 Å². The van der Waals surface area contributed by atoms with Crippen LogP contribution in [-0.4, -0.2) is 32.7 Å². The number of hydrogen-bond acceptors (Lipinski definition) is 7. The minimum Gasteiger partial charge on any atom is -0.488 e. The van der Waals surface area contributed by atoms with Crippen molar-refractivity contribution < 1.29 is 27.2 Å². The zero-order chi connectivity index (χ0) is 27.8. The monoisotopic (exact) mass is 537 g/mol. The van der Waals surface area contributed by atoms with Crippen LogP contribution in [0.25, 0.3) is 11.4 Å². The van der Waals surface area contributed by atoms with Crippen LogP contribution in [0.3, 0.4) is 0 Å². The molecule has 5 rings (SSSR count). The summed E-state index contributed by atoms with van der Waals surface area (Å²) in [4.78, 5) is 23.0. The van der Waals surface area contributed by atoms with E-state index in [0.29, 0.717) is 24.3 Å². The average Bonchev–Trinajstić information content (AvgIpc) is 3.38. The third kappa shape index (κ3) is 6.02. The first kappa shape index (κ1) is 26.2. The molecule has 1 atom stereocenters. The Morgan fingerprint density at radius 1 is 1.03 bits per heavy atom. The number of carbonyl (C=O) groups is 1. The van der Waals surface area contributed by atoms with Gasteiger partial charge in [0.2, 0.25) is 11.7 Å². The lowest BCUT2D eigenvalue weighted by atomic mass is 9.99. The molecule has 2 aromatic heterocycles. The van der Waals surface area contributed by atoms with Crippen LogP contribution >= 0.6 is 0 Å². The van der Waals surface area contributed by atoms with Crippen molar-refractivity contribution in [1.82, 2.24) is 15.1 Å². The van der Waals surface area contributed by atoms with Gasteiger partial charge in [0.1, 0.15) is 17.4 Å². The third-order valence-electron chi connectivity index (χ3n) is 6.01. The van der Waals surface area contributed by atoms with Crippen molar-refractivity contribution >= 4 is 17.3 Å². The Morgan fingerprint density at radius 3 is 2.41 bits per heavy atom. The molecular weight excluding hydrogens is 511 g/mol. The summed E-state index contributed by atoms with van der Waals surface area (Å²) >= 11 is 0. The molecule has 0 fully saturated rings. The summed E-state index contributed by atoms with van der Waals surface area (Å²) in [5, 5.41) is 6.39. The highest BCUT2D eigenvalue weighted by atomic mass is 19.4. The molecule has 8 nitrogen and oxygen atoms in total. The number of nitrogens with zero attached hydrogens (tertiary/aromatic N) is 4. The molecule has 1 N–H and O–H groups in total. The highest BCUT2D eigenvalue weighted by Crippen LogP contribution is 2.35. The van der Waals surface area contributed by atoms with E-state index in [2.05, 4.69) is 25.0 Å². The minimum absolute atomic E-state index is 0.146. The van der Waals surface area contributed by atoms with Crippen LogP contribution < -0.4 is 15.0 Å². The number of alkyl halides is 3. The largest absolute Gasteiger partial charge is 0.488 e. The molecule has 0 radical (unpaired) electrons. The second kappa shape index (κ2) is 10.0. The van der Waals surface area contributed by atoms with Gasteiger partial charge in [-0.25, -0.2) is 0 Å². The van der Waals surface area contributed by atoms with Crippen molar-refractivity contribution in [3.63, 3.8) is 0 Å². The molecule has 1 amide bonds. The molecule has 0 saturated carbocycles. The van der Waals surface area contributed by atoms with Crippen LogP contribution in [0.15, 0.2) is 71.4 Å². The van der Waals surface area contributed by atoms with Crippen molar-refractivity contribution in [3.05, 3.63) is 84.0 Å². The molecule has 0 spiro atoms. The highest BCUT2D eigenvalue weighted by molar-refractivity contribution is 6.03. The van der Waals surface area contributed by atoms with E-state index in [9.17, 15) is 18.0 Å². The van der Waals surface area contributed by atoms with Crippen LogP contribution in [0.4, 0.5) is 24.5 Å². The zero-order valence-electron chi connectivity index (χ0n) is 21.5. The standard InChI is InChI=1S/C28H26F3N5O3/c1-27(2,3)38-20-12-8-17(9-13-20)14-23-25(37)33-21-6-4-5-7-22(21)36(23)16-19-11-10-18(15-32-19)24-34-26(39-35-24)28(29,30)31/h4-13,15,23H,14,16H2,1-3H3,(H,33,37). The second-order valence-corrected chi connectivity index (χ2v) is 10.2. The molecule has 1 unspecified atom stereocenters. The van der Waals surface area contributed by atoms with E-state index < -0.39 is 18.1 Å². The van der Waals surface area contributed by atoms with Gasteiger partial charge in [0.25, 0.3) is 0 Å². The van der Waals surface area contributed by atoms with Gasteiger partial charge in [-0.3, -0.25) is 9.78 Å². The predicted octanol–water partition coefficient (Wildman–Crippen LogP) is 5.90. The fourth-order valence-electron chi connectivity index (χ4n) is 4.30. The minimum atomic E-state index is -4.73. The molecule has 1 aliphatic rings. The maximum Gasteiger partial charge on any atom is 0.471 e. The number of aromatic nitrogens is 3. The predicted molar refractivity (Wildman–Crippen MR) is 138 cm³/mol. The van der Waals surface area contributed by atoms with Crippen LogP contribution in [0.1, 0.15) is 37.9 Å².